The van der Waals surface area contributed by atoms with E-state index in [-0.39, 0.29) is 11.9 Å². The third-order valence-corrected chi connectivity index (χ3v) is 6.34. The number of nitrogens with zero attached hydrogens (tertiary/aromatic N) is 5. The predicted molar refractivity (Wildman–Crippen MR) is 111 cm³/mol. The minimum Gasteiger partial charge on any atom is -0.467 e. The summed E-state index contributed by atoms with van der Waals surface area (Å²) in [6.07, 6.45) is 5.19. The van der Waals surface area contributed by atoms with Crippen LogP contribution >= 0.6 is 0 Å². The second kappa shape index (κ2) is 7.47. The summed E-state index contributed by atoms with van der Waals surface area (Å²) < 4.78 is 12.4. The number of aromatic nitrogens is 4. The molecule has 1 saturated carbocycles. The Balaban J connectivity index is 1.66. The molecule has 0 bridgehead atoms. The Hall–Kier alpha value is -3.23. The summed E-state index contributed by atoms with van der Waals surface area (Å²) in [5, 5.41) is 9.26. The van der Waals surface area contributed by atoms with Gasteiger partial charge in [-0.2, -0.15) is 5.10 Å². The van der Waals surface area contributed by atoms with E-state index in [0.717, 1.165) is 42.8 Å². The summed E-state index contributed by atoms with van der Waals surface area (Å²) in [7, 11) is 1.35. The largest absolute Gasteiger partial charge is 0.467 e. The quantitative estimate of drug-likeness (QED) is 0.581. The molecule has 2 aliphatic rings. The highest BCUT2D eigenvalue weighted by atomic mass is 16.5. The van der Waals surface area contributed by atoms with E-state index >= 15 is 0 Å². The Kier molecular flexibility index (Phi) is 4.75. The normalized spacial score (nSPS) is 18.7. The van der Waals surface area contributed by atoms with E-state index in [1.165, 1.54) is 7.11 Å². The second-order valence-corrected chi connectivity index (χ2v) is 8.22. The van der Waals surface area contributed by atoms with Gasteiger partial charge in [0.15, 0.2) is 0 Å². The van der Waals surface area contributed by atoms with Gasteiger partial charge in [-0.25, -0.2) is 9.78 Å². The number of carbonyl (C=O) groups is 2. The molecule has 9 nitrogen and oxygen atoms in total. The monoisotopic (exact) mass is 423 g/mol. The van der Waals surface area contributed by atoms with Crippen LogP contribution in [0.25, 0.3) is 22.4 Å². The fraction of sp³-hybridized carbons (Fsp3) is 0.500. The Morgan fingerprint density at radius 3 is 2.77 bits per heavy atom. The van der Waals surface area contributed by atoms with E-state index in [9.17, 15) is 9.59 Å². The molecule has 162 valence electrons. The summed E-state index contributed by atoms with van der Waals surface area (Å²) in [6.45, 7) is 5.22. The SMILES string of the molecule is CCn1ncc(-c2noc3nc(C4CC4)cc(C(=O)N4CCC[C@@H]4C(=O)OC)c23)c1C. The summed E-state index contributed by atoms with van der Waals surface area (Å²) in [5.74, 6) is -0.263. The van der Waals surface area contributed by atoms with Gasteiger partial charge in [-0.1, -0.05) is 5.16 Å². The van der Waals surface area contributed by atoms with Crippen molar-refractivity contribution in [3.8, 4) is 11.3 Å². The minimum atomic E-state index is -0.571. The standard InChI is InChI=1S/C22H25N5O4/c1-4-27-12(2)15(11-23-27)19-18-14(10-16(13-7-8-13)24-20(18)31-25-19)21(28)26-9-5-6-17(26)22(29)30-3/h10-11,13,17H,4-9H2,1-3H3/t17-/m1/s1. The molecule has 1 saturated heterocycles. The number of carbonyl (C=O) groups excluding carboxylic acids is 2. The van der Waals surface area contributed by atoms with Crippen molar-refractivity contribution in [2.24, 2.45) is 0 Å². The highest BCUT2D eigenvalue weighted by molar-refractivity contribution is 6.10. The molecular formula is C22H25N5O4. The first-order valence-electron chi connectivity index (χ1n) is 10.7. The first-order valence-corrected chi connectivity index (χ1v) is 10.7. The molecule has 5 rings (SSSR count). The van der Waals surface area contributed by atoms with Crippen molar-refractivity contribution in [3.63, 3.8) is 0 Å². The summed E-state index contributed by atoms with van der Waals surface area (Å²) in [4.78, 5) is 32.2. The number of ether oxygens (including phenoxy) is 1. The molecular weight excluding hydrogens is 398 g/mol. The summed E-state index contributed by atoms with van der Waals surface area (Å²) >= 11 is 0. The number of pyridine rings is 1. The minimum absolute atomic E-state index is 0.216. The van der Waals surface area contributed by atoms with Crippen LogP contribution in [-0.4, -0.2) is 56.4 Å². The van der Waals surface area contributed by atoms with Gasteiger partial charge in [0.05, 0.1) is 24.3 Å². The van der Waals surface area contributed by atoms with Gasteiger partial charge in [-0.3, -0.25) is 9.48 Å². The van der Waals surface area contributed by atoms with Gasteiger partial charge < -0.3 is 14.2 Å². The molecule has 9 heteroatoms. The van der Waals surface area contributed by atoms with Crippen molar-refractivity contribution in [2.45, 2.75) is 58.0 Å². The van der Waals surface area contributed by atoms with Crippen molar-refractivity contribution in [2.75, 3.05) is 13.7 Å². The first-order chi connectivity index (χ1) is 15.0. The fourth-order valence-electron chi connectivity index (χ4n) is 4.45. The number of rotatable bonds is 5. The maximum Gasteiger partial charge on any atom is 0.328 e. The lowest BCUT2D eigenvalue weighted by molar-refractivity contribution is -0.145. The Labute approximate surface area is 179 Å². The Morgan fingerprint density at radius 1 is 1.29 bits per heavy atom. The van der Waals surface area contributed by atoms with Gasteiger partial charge >= 0.3 is 5.97 Å². The topological polar surface area (TPSA) is 103 Å². The van der Waals surface area contributed by atoms with E-state index in [4.69, 9.17) is 9.26 Å². The van der Waals surface area contributed by atoms with Gasteiger partial charge in [0.1, 0.15) is 11.7 Å². The number of likely N-dealkylation sites (tertiary alicyclic amines) is 1. The van der Waals surface area contributed by atoms with E-state index in [2.05, 4.69) is 15.2 Å². The lowest BCUT2D eigenvalue weighted by Gasteiger charge is -2.23. The number of hydrogen-bond acceptors (Lipinski definition) is 7. The maximum atomic E-state index is 13.7. The molecule has 1 amide bonds. The van der Waals surface area contributed by atoms with Crippen LogP contribution < -0.4 is 0 Å². The number of aryl methyl sites for hydroxylation is 1. The number of hydrogen-bond donors (Lipinski definition) is 0. The average molecular weight is 423 g/mol. The van der Waals surface area contributed by atoms with Crippen molar-refractivity contribution in [1.82, 2.24) is 24.8 Å². The molecule has 1 aliphatic heterocycles. The second-order valence-electron chi connectivity index (χ2n) is 8.22. The molecule has 0 N–H and O–H groups in total. The number of methoxy groups -OCH3 is 1. The van der Waals surface area contributed by atoms with E-state index in [0.29, 0.717) is 41.2 Å². The van der Waals surface area contributed by atoms with Gasteiger partial charge in [0, 0.05) is 36.0 Å². The average Bonchev–Trinajstić information content (AvgIpc) is 3.19. The van der Waals surface area contributed by atoms with Gasteiger partial charge in [0.25, 0.3) is 11.6 Å². The molecule has 1 atom stereocenters. The van der Waals surface area contributed by atoms with Crippen LogP contribution in [0.3, 0.4) is 0 Å². The molecule has 4 heterocycles. The molecule has 0 unspecified atom stereocenters. The van der Waals surface area contributed by atoms with Crippen LogP contribution in [0.15, 0.2) is 16.8 Å². The molecule has 0 spiro atoms. The van der Waals surface area contributed by atoms with Gasteiger partial charge in [-0.05, 0) is 45.6 Å². The molecule has 2 fully saturated rings. The predicted octanol–water partition coefficient (Wildman–Crippen LogP) is 3.07. The molecule has 1 aliphatic carbocycles. The zero-order valence-corrected chi connectivity index (χ0v) is 17.9. The van der Waals surface area contributed by atoms with Crippen LogP contribution in [0, 0.1) is 6.92 Å². The highest BCUT2D eigenvalue weighted by Crippen LogP contribution is 2.42. The summed E-state index contributed by atoms with van der Waals surface area (Å²) in [5.41, 5.74) is 3.97. The lowest BCUT2D eigenvalue weighted by atomic mass is 10.0. The van der Waals surface area contributed by atoms with Crippen molar-refractivity contribution >= 4 is 23.0 Å². The van der Waals surface area contributed by atoms with Crippen LogP contribution in [0.1, 0.15) is 60.3 Å². The van der Waals surface area contributed by atoms with Gasteiger partial charge in [0.2, 0.25) is 0 Å². The van der Waals surface area contributed by atoms with Crippen LogP contribution in [-0.2, 0) is 16.1 Å². The summed E-state index contributed by atoms with van der Waals surface area (Å²) in [6, 6.07) is 1.29. The van der Waals surface area contributed by atoms with E-state index in [1.807, 2.05) is 24.6 Å². The molecule has 0 radical (unpaired) electrons. The number of fused-ring (bicyclic) bond motifs is 1. The van der Waals surface area contributed by atoms with E-state index in [1.54, 1.807) is 11.1 Å². The lowest BCUT2D eigenvalue weighted by Crippen LogP contribution is -2.41. The van der Waals surface area contributed by atoms with Crippen molar-refractivity contribution in [3.05, 3.63) is 29.2 Å². The zero-order valence-electron chi connectivity index (χ0n) is 17.9. The van der Waals surface area contributed by atoms with Gasteiger partial charge in [-0.15, -0.1) is 0 Å². The fourth-order valence-corrected chi connectivity index (χ4v) is 4.45. The Morgan fingerprint density at radius 2 is 2.10 bits per heavy atom. The third kappa shape index (κ3) is 3.19. The molecule has 31 heavy (non-hydrogen) atoms. The number of amides is 1. The molecule has 0 aromatic carbocycles. The molecule has 3 aromatic rings. The highest BCUT2D eigenvalue weighted by Gasteiger charge is 2.38. The van der Waals surface area contributed by atoms with Crippen LogP contribution in [0.5, 0.6) is 0 Å². The van der Waals surface area contributed by atoms with Crippen LogP contribution in [0.2, 0.25) is 0 Å². The van der Waals surface area contributed by atoms with Crippen molar-refractivity contribution in [1.29, 1.82) is 0 Å². The van der Waals surface area contributed by atoms with E-state index < -0.39 is 6.04 Å². The molecule has 3 aromatic heterocycles. The Bertz CT molecular complexity index is 1180. The zero-order chi connectivity index (χ0) is 21.7. The van der Waals surface area contributed by atoms with Crippen LogP contribution in [0.4, 0.5) is 0 Å². The first kappa shape index (κ1) is 19.7. The smallest absolute Gasteiger partial charge is 0.328 e. The third-order valence-electron chi connectivity index (χ3n) is 6.34. The maximum absolute atomic E-state index is 13.7. The van der Waals surface area contributed by atoms with Crippen molar-refractivity contribution < 1.29 is 18.8 Å². The number of esters is 1.